The predicted octanol–water partition coefficient (Wildman–Crippen LogP) is 0.776. The SMILES string of the molecule is CCCCC[C@H](N)C1=NCC(C(C)(C)C(N)=O)N1. The van der Waals surface area contributed by atoms with Gasteiger partial charge in [-0.2, -0.15) is 0 Å². The highest BCUT2D eigenvalue weighted by atomic mass is 16.1. The van der Waals surface area contributed by atoms with E-state index in [2.05, 4.69) is 17.2 Å². The Labute approximate surface area is 109 Å². The smallest absolute Gasteiger partial charge is 0.225 e. The Morgan fingerprint density at radius 3 is 2.78 bits per heavy atom. The van der Waals surface area contributed by atoms with E-state index in [1.54, 1.807) is 0 Å². The Morgan fingerprint density at radius 1 is 1.56 bits per heavy atom. The van der Waals surface area contributed by atoms with Gasteiger partial charge in [0.15, 0.2) is 0 Å². The van der Waals surface area contributed by atoms with Gasteiger partial charge in [-0.15, -0.1) is 0 Å². The highest BCUT2D eigenvalue weighted by molar-refractivity contribution is 5.90. The van der Waals surface area contributed by atoms with Crippen molar-refractivity contribution in [1.29, 1.82) is 0 Å². The Balaban J connectivity index is 2.47. The van der Waals surface area contributed by atoms with Crippen LogP contribution in [0.25, 0.3) is 0 Å². The fraction of sp³-hybridized carbons (Fsp3) is 0.846. The van der Waals surface area contributed by atoms with Crippen LogP contribution in [-0.4, -0.2) is 30.4 Å². The monoisotopic (exact) mass is 254 g/mol. The lowest BCUT2D eigenvalue weighted by Crippen LogP contribution is -2.52. The summed E-state index contributed by atoms with van der Waals surface area (Å²) in [7, 11) is 0. The molecule has 1 heterocycles. The third-order valence-corrected chi connectivity index (χ3v) is 3.74. The fourth-order valence-electron chi connectivity index (χ4n) is 2.02. The summed E-state index contributed by atoms with van der Waals surface area (Å²) in [6.07, 6.45) is 4.42. The van der Waals surface area contributed by atoms with Gasteiger partial charge in [0.25, 0.3) is 0 Å². The molecule has 0 radical (unpaired) electrons. The van der Waals surface area contributed by atoms with E-state index in [0.29, 0.717) is 6.54 Å². The first kappa shape index (κ1) is 15.0. The lowest BCUT2D eigenvalue weighted by molar-refractivity contribution is -0.127. The summed E-state index contributed by atoms with van der Waals surface area (Å²) >= 11 is 0. The van der Waals surface area contributed by atoms with Crippen LogP contribution >= 0.6 is 0 Å². The molecule has 1 amide bonds. The van der Waals surface area contributed by atoms with Gasteiger partial charge in [-0.3, -0.25) is 9.79 Å². The van der Waals surface area contributed by atoms with Crippen LogP contribution in [0.2, 0.25) is 0 Å². The van der Waals surface area contributed by atoms with E-state index in [4.69, 9.17) is 11.5 Å². The van der Waals surface area contributed by atoms with Crippen molar-refractivity contribution in [3.63, 3.8) is 0 Å². The minimum atomic E-state index is -0.603. The maximum atomic E-state index is 11.4. The second-order valence-electron chi connectivity index (χ2n) is 5.61. The molecule has 5 nitrogen and oxygen atoms in total. The van der Waals surface area contributed by atoms with E-state index >= 15 is 0 Å². The molecule has 1 aliphatic rings. The molecule has 1 rings (SSSR count). The van der Waals surface area contributed by atoms with Crippen LogP contribution < -0.4 is 16.8 Å². The summed E-state index contributed by atoms with van der Waals surface area (Å²) in [6.45, 7) is 6.43. The second-order valence-corrected chi connectivity index (χ2v) is 5.61. The van der Waals surface area contributed by atoms with Gasteiger partial charge in [0.05, 0.1) is 24.0 Å². The van der Waals surface area contributed by atoms with E-state index in [0.717, 1.165) is 18.7 Å². The van der Waals surface area contributed by atoms with Gasteiger partial charge in [0, 0.05) is 0 Å². The first-order chi connectivity index (χ1) is 8.39. The Hall–Kier alpha value is -1.10. The summed E-state index contributed by atoms with van der Waals surface area (Å²) in [4.78, 5) is 15.8. The molecule has 0 spiro atoms. The number of aliphatic imine (C=N–C) groups is 1. The maximum absolute atomic E-state index is 11.4. The largest absolute Gasteiger partial charge is 0.369 e. The molecule has 18 heavy (non-hydrogen) atoms. The molecule has 5 N–H and O–H groups in total. The van der Waals surface area contributed by atoms with Crippen LogP contribution in [0.5, 0.6) is 0 Å². The third kappa shape index (κ3) is 3.45. The number of amidine groups is 1. The lowest BCUT2D eigenvalue weighted by atomic mass is 9.84. The Kier molecular flexibility index (Phi) is 5.14. The van der Waals surface area contributed by atoms with Crippen molar-refractivity contribution in [3.8, 4) is 0 Å². The lowest BCUT2D eigenvalue weighted by Gasteiger charge is -2.28. The minimum absolute atomic E-state index is 0.0396. The molecule has 2 atom stereocenters. The summed E-state index contributed by atoms with van der Waals surface area (Å²) < 4.78 is 0. The van der Waals surface area contributed by atoms with Gasteiger partial charge in [-0.25, -0.2) is 0 Å². The molecule has 5 heteroatoms. The van der Waals surface area contributed by atoms with Gasteiger partial charge >= 0.3 is 0 Å². The molecular weight excluding hydrogens is 228 g/mol. The molecule has 0 saturated carbocycles. The number of carbonyl (C=O) groups is 1. The molecule has 0 saturated heterocycles. The topological polar surface area (TPSA) is 93.5 Å². The number of amides is 1. The van der Waals surface area contributed by atoms with Crippen molar-refractivity contribution in [1.82, 2.24) is 5.32 Å². The number of unbranched alkanes of at least 4 members (excludes halogenated alkanes) is 2. The summed E-state index contributed by atoms with van der Waals surface area (Å²) in [5.41, 5.74) is 10.9. The van der Waals surface area contributed by atoms with Crippen molar-refractivity contribution in [2.45, 2.75) is 58.5 Å². The summed E-state index contributed by atoms with van der Waals surface area (Å²) in [5, 5.41) is 3.26. The van der Waals surface area contributed by atoms with Crippen molar-refractivity contribution in [2.75, 3.05) is 6.54 Å². The van der Waals surface area contributed by atoms with Crippen LogP contribution in [0.15, 0.2) is 4.99 Å². The van der Waals surface area contributed by atoms with Crippen LogP contribution in [0.1, 0.15) is 46.5 Å². The Morgan fingerprint density at radius 2 is 2.22 bits per heavy atom. The zero-order valence-corrected chi connectivity index (χ0v) is 11.7. The number of nitrogens with one attached hydrogen (secondary N) is 1. The highest BCUT2D eigenvalue weighted by Gasteiger charge is 2.38. The quantitative estimate of drug-likeness (QED) is 0.586. The number of carbonyl (C=O) groups excluding carboxylic acids is 1. The first-order valence-electron chi connectivity index (χ1n) is 6.76. The Bertz CT molecular complexity index is 325. The number of primary amides is 1. The molecule has 0 aromatic rings. The standard InChI is InChI=1S/C13H26N4O/c1-4-5-6-7-9(14)11-16-8-10(17-11)13(2,3)12(15)18/h9-10H,4-8,14H2,1-3H3,(H2,15,18)(H,16,17)/t9-,10?/m0/s1. The molecule has 1 aliphatic heterocycles. The van der Waals surface area contributed by atoms with Crippen LogP contribution in [-0.2, 0) is 4.79 Å². The average Bonchev–Trinajstić information content (AvgIpc) is 2.78. The van der Waals surface area contributed by atoms with Crippen LogP contribution in [0, 0.1) is 5.41 Å². The number of nitrogens with zero attached hydrogens (tertiary/aromatic N) is 1. The van der Waals surface area contributed by atoms with E-state index in [9.17, 15) is 4.79 Å². The van der Waals surface area contributed by atoms with Crippen molar-refractivity contribution in [3.05, 3.63) is 0 Å². The fourth-order valence-corrected chi connectivity index (χ4v) is 2.02. The predicted molar refractivity (Wildman–Crippen MR) is 74.3 cm³/mol. The molecular formula is C13H26N4O. The van der Waals surface area contributed by atoms with Gasteiger partial charge in [-0.1, -0.05) is 26.2 Å². The number of nitrogens with two attached hydrogens (primary N) is 2. The van der Waals surface area contributed by atoms with Crippen molar-refractivity contribution in [2.24, 2.45) is 21.9 Å². The van der Waals surface area contributed by atoms with Gasteiger partial charge in [0.2, 0.25) is 5.91 Å². The third-order valence-electron chi connectivity index (χ3n) is 3.74. The normalized spacial score (nSPS) is 21.3. The molecule has 1 unspecified atom stereocenters. The van der Waals surface area contributed by atoms with Crippen molar-refractivity contribution >= 4 is 11.7 Å². The molecule has 0 aromatic carbocycles. The molecule has 0 aromatic heterocycles. The number of hydrogen-bond acceptors (Lipinski definition) is 4. The number of rotatable bonds is 7. The van der Waals surface area contributed by atoms with E-state index in [-0.39, 0.29) is 18.0 Å². The maximum Gasteiger partial charge on any atom is 0.225 e. The second kappa shape index (κ2) is 6.18. The van der Waals surface area contributed by atoms with Gasteiger partial charge < -0.3 is 16.8 Å². The van der Waals surface area contributed by atoms with Crippen LogP contribution in [0.3, 0.4) is 0 Å². The van der Waals surface area contributed by atoms with E-state index in [1.807, 2.05) is 13.8 Å². The molecule has 0 bridgehead atoms. The van der Waals surface area contributed by atoms with E-state index < -0.39 is 5.41 Å². The van der Waals surface area contributed by atoms with E-state index in [1.165, 1.54) is 12.8 Å². The highest BCUT2D eigenvalue weighted by Crippen LogP contribution is 2.23. The summed E-state index contributed by atoms with van der Waals surface area (Å²) in [5.74, 6) is 0.515. The molecule has 0 aliphatic carbocycles. The minimum Gasteiger partial charge on any atom is -0.369 e. The van der Waals surface area contributed by atoms with Crippen molar-refractivity contribution < 1.29 is 4.79 Å². The first-order valence-corrected chi connectivity index (χ1v) is 6.76. The summed E-state index contributed by atoms with van der Waals surface area (Å²) in [6, 6.07) is -0.0903. The zero-order valence-electron chi connectivity index (χ0n) is 11.7. The average molecular weight is 254 g/mol. The van der Waals surface area contributed by atoms with Gasteiger partial charge in [0.1, 0.15) is 5.84 Å². The molecule has 104 valence electrons. The van der Waals surface area contributed by atoms with Crippen LogP contribution in [0.4, 0.5) is 0 Å². The number of hydrogen-bond donors (Lipinski definition) is 3. The molecule has 0 fully saturated rings. The zero-order chi connectivity index (χ0) is 13.8. The van der Waals surface area contributed by atoms with Gasteiger partial charge in [-0.05, 0) is 20.3 Å².